The van der Waals surface area contributed by atoms with E-state index < -0.39 is 17.7 Å². The van der Waals surface area contributed by atoms with Crippen molar-refractivity contribution in [3.05, 3.63) is 62.8 Å². The Morgan fingerprint density at radius 2 is 1.90 bits per heavy atom. The lowest BCUT2D eigenvalue weighted by Gasteiger charge is -2.31. The number of benzene rings is 1. The molecule has 4 rings (SSSR count). The summed E-state index contributed by atoms with van der Waals surface area (Å²) in [6, 6.07) is 8.79. The zero-order valence-electron chi connectivity index (χ0n) is 17.1. The van der Waals surface area contributed by atoms with Gasteiger partial charge in [-0.25, -0.2) is 4.98 Å². The van der Waals surface area contributed by atoms with Gasteiger partial charge >= 0.3 is 0 Å². The number of thiazole rings is 1. The van der Waals surface area contributed by atoms with Gasteiger partial charge in [-0.05, 0) is 19.4 Å². The van der Waals surface area contributed by atoms with E-state index in [-0.39, 0.29) is 11.4 Å². The first-order chi connectivity index (χ1) is 14.5. The van der Waals surface area contributed by atoms with Crippen molar-refractivity contribution in [2.24, 2.45) is 0 Å². The minimum Gasteiger partial charge on any atom is -0.503 e. The summed E-state index contributed by atoms with van der Waals surface area (Å²) < 4.78 is 5.39. The van der Waals surface area contributed by atoms with Crippen LogP contribution in [0.2, 0.25) is 0 Å². The molecule has 158 valence electrons. The molecule has 2 aliphatic rings. The third kappa shape index (κ3) is 3.90. The number of rotatable bonds is 6. The number of morpholine rings is 1. The zero-order valence-corrected chi connectivity index (χ0v) is 17.9. The molecular formula is C22H25N3O4S. The predicted octanol–water partition coefficient (Wildman–Crippen LogP) is 2.67. The third-order valence-corrected chi connectivity index (χ3v) is 6.61. The lowest BCUT2D eigenvalue weighted by atomic mass is 9.95. The van der Waals surface area contributed by atoms with Gasteiger partial charge in [0.1, 0.15) is 0 Å². The fraction of sp³-hybridized carbons (Fsp3) is 0.409. The van der Waals surface area contributed by atoms with Crippen LogP contribution in [0.5, 0.6) is 0 Å². The number of ketones is 1. The van der Waals surface area contributed by atoms with Crippen LogP contribution in [0.4, 0.5) is 0 Å². The second kappa shape index (κ2) is 8.67. The first-order valence-corrected chi connectivity index (χ1v) is 10.9. The Morgan fingerprint density at radius 3 is 2.53 bits per heavy atom. The van der Waals surface area contributed by atoms with Crippen LogP contribution in [-0.2, 0) is 9.53 Å². The lowest BCUT2D eigenvalue weighted by Crippen LogP contribution is -2.43. The van der Waals surface area contributed by atoms with Crippen LogP contribution in [0.1, 0.15) is 32.0 Å². The molecule has 0 bridgehead atoms. The summed E-state index contributed by atoms with van der Waals surface area (Å²) in [4.78, 5) is 35.1. The largest absolute Gasteiger partial charge is 0.503 e. The standard InChI is InChI=1S/C22H25N3O4S/c1-14-21(30-15(2)23-14)19(26)17-18(16-6-4-3-5-7-16)25(22(28)20(17)27)9-8-24-10-12-29-13-11-24/h3-7,18,27H,8-13H2,1-2H3/t18-/m1/s1. The smallest absolute Gasteiger partial charge is 0.290 e. The van der Waals surface area contributed by atoms with E-state index in [9.17, 15) is 14.7 Å². The Hall–Kier alpha value is -2.55. The maximum Gasteiger partial charge on any atom is 0.290 e. The van der Waals surface area contributed by atoms with Crippen molar-refractivity contribution >= 4 is 23.0 Å². The molecule has 2 aromatic rings. The van der Waals surface area contributed by atoms with Crippen LogP contribution in [0.3, 0.4) is 0 Å². The average molecular weight is 428 g/mol. The average Bonchev–Trinajstić information content (AvgIpc) is 3.23. The number of amides is 1. The Bertz CT molecular complexity index is 980. The summed E-state index contributed by atoms with van der Waals surface area (Å²) in [7, 11) is 0. The van der Waals surface area contributed by atoms with Crippen molar-refractivity contribution in [2.45, 2.75) is 19.9 Å². The monoisotopic (exact) mass is 427 g/mol. The fourth-order valence-corrected chi connectivity index (χ4v) is 4.91. The number of aliphatic hydroxyl groups is 1. The van der Waals surface area contributed by atoms with Gasteiger partial charge in [0.2, 0.25) is 5.78 Å². The molecule has 0 spiro atoms. The van der Waals surface area contributed by atoms with Gasteiger partial charge in [0, 0.05) is 26.2 Å². The molecule has 1 saturated heterocycles. The summed E-state index contributed by atoms with van der Waals surface area (Å²) in [5, 5.41) is 11.5. The van der Waals surface area contributed by atoms with Crippen molar-refractivity contribution in [1.82, 2.24) is 14.8 Å². The van der Waals surface area contributed by atoms with Gasteiger partial charge in [0.05, 0.1) is 40.4 Å². The number of carbonyl (C=O) groups excluding carboxylic acids is 2. The van der Waals surface area contributed by atoms with E-state index in [4.69, 9.17) is 4.74 Å². The van der Waals surface area contributed by atoms with Crippen LogP contribution < -0.4 is 0 Å². The van der Waals surface area contributed by atoms with Crippen LogP contribution in [0, 0.1) is 13.8 Å². The molecule has 1 amide bonds. The SMILES string of the molecule is Cc1nc(C)c(C(=O)C2=C(O)C(=O)N(CCN3CCOCC3)[C@@H]2c2ccccc2)s1. The maximum absolute atomic E-state index is 13.4. The van der Waals surface area contributed by atoms with Crippen molar-refractivity contribution in [2.75, 3.05) is 39.4 Å². The number of hydrogen-bond acceptors (Lipinski definition) is 7. The molecule has 1 N–H and O–H groups in total. The highest BCUT2D eigenvalue weighted by Gasteiger charge is 2.44. The van der Waals surface area contributed by atoms with Gasteiger partial charge in [-0.3, -0.25) is 14.5 Å². The molecule has 1 aromatic heterocycles. The van der Waals surface area contributed by atoms with E-state index in [0.29, 0.717) is 36.9 Å². The summed E-state index contributed by atoms with van der Waals surface area (Å²) in [5.74, 6) is -1.28. The predicted molar refractivity (Wildman–Crippen MR) is 114 cm³/mol. The number of hydrogen-bond donors (Lipinski definition) is 1. The number of carbonyl (C=O) groups is 2. The van der Waals surface area contributed by atoms with Gasteiger partial charge in [0.25, 0.3) is 5.91 Å². The number of aromatic nitrogens is 1. The topological polar surface area (TPSA) is 83.0 Å². The fourth-order valence-electron chi connectivity index (χ4n) is 4.04. The number of nitrogens with zero attached hydrogens (tertiary/aromatic N) is 3. The zero-order chi connectivity index (χ0) is 21.3. The number of ether oxygens (including phenoxy) is 1. The highest BCUT2D eigenvalue weighted by molar-refractivity contribution is 7.14. The molecule has 3 heterocycles. The Kier molecular flexibility index (Phi) is 5.99. The third-order valence-electron chi connectivity index (χ3n) is 5.53. The van der Waals surface area contributed by atoms with Crippen molar-refractivity contribution in [1.29, 1.82) is 0 Å². The van der Waals surface area contributed by atoms with Crippen LogP contribution in [0.15, 0.2) is 41.7 Å². The number of aryl methyl sites for hydroxylation is 2. The van der Waals surface area contributed by atoms with E-state index in [1.807, 2.05) is 37.3 Å². The molecule has 7 nitrogen and oxygen atoms in total. The highest BCUT2D eigenvalue weighted by Crippen LogP contribution is 2.39. The second-order valence-electron chi connectivity index (χ2n) is 7.50. The minimum atomic E-state index is -0.617. The number of Topliss-reactive ketones (excluding diaryl/α,β-unsaturated/α-hetero) is 1. The molecule has 1 fully saturated rings. The molecule has 1 aromatic carbocycles. The Balaban J connectivity index is 1.67. The lowest BCUT2D eigenvalue weighted by molar-refractivity contribution is -0.129. The quantitative estimate of drug-likeness (QED) is 0.714. The molecule has 0 radical (unpaired) electrons. The minimum absolute atomic E-state index is 0.139. The summed E-state index contributed by atoms with van der Waals surface area (Å²) in [5.41, 5.74) is 1.56. The molecule has 0 unspecified atom stereocenters. The summed E-state index contributed by atoms with van der Waals surface area (Å²) >= 11 is 1.29. The molecule has 0 aliphatic carbocycles. The highest BCUT2D eigenvalue weighted by atomic mass is 32.1. The first-order valence-electron chi connectivity index (χ1n) is 10.0. The molecule has 2 aliphatic heterocycles. The van der Waals surface area contributed by atoms with Gasteiger partial charge in [-0.15, -0.1) is 11.3 Å². The van der Waals surface area contributed by atoms with Gasteiger partial charge in [-0.2, -0.15) is 0 Å². The van der Waals surface area contributed by atoms with Crippen LogP contribution >= 0.6 is 11.3 Å². The van der Waals surface area contributed by atoms with E-state index in [2.05, 4.69) is 9.88 Å². The first kappa shape index (κ1) is 20.7. The molecule has 30 heavy (non-hydrogen) atoms. The Labute approximate surface area is 179 Å². The summed E-state index contributed by atoms with van der Waals surface area (Å²) in [6.45, 7) is 7.65. The van der Waals surface area contributed by atoms with Crippen molar-refractivity contribution in [3.8, 4) is 0 Å². The molecule has 1 atom stereocenters. The van der Waals surface area contributed by atoms with E-state index in [0.717, 1.165) is 23.7 Å². The van der Waals surface area contributed by atoms with E-state index >= 15 is 0 Å². The Morgan fingerprint density at radius 1 is 1.20 bits per heavy atom. The number of aliphatic hydroxyl groups excluding tert-OH is 1. The molecule has 0 saturated carbocycles. The van der Waals surface area contributed by atoms with E-state index in [1.54, 1.807) is 11.8 Å². The van der Waals surface area contributed by atoms with Crippen molar-refractivity contribution in [3.63, 3.8) is 0 Å². The van der Waals surface area contributed by atoms with Crippen molar-refractivity contribution < 1.29 is 19.4 Å². The van der Waals surface area contributed by atoms with Crippen LogP contribution in [-0.4, -0.2) is 71.0 Å². The normalized spacial score (nSPS) is 20.3. The molecule has 8 heteroatoms. The summed E-state index contributed by atoms with van der Waals surface area (Å²) in [6.07, 6.45) is 0. The second-order valence-corrected chi connectivity index (χ2v) is 8.71. The van der Waals surface area contributed by atoms with Gasteiger partial charge in [-0.1, -0.05) is 30.3 Å². The van der Waals surface area contributed by atoms with Crippen LogP contribution in [0.25, 0.3) is 0 Å². The van der Waals surface area contributed by atoms with E-state index in [1.165, 1.54) is 11.3 Å². The maximum atomic E-state index is 13.4. The van der Waals surface area contributed by atoms with Gasteiger partial charge in [0.15, 0.2) is 5.76 Å². The molecular weight excluding hydrogens is 402 g/mol. The van der Waals surface area contributed by atoms with Gasteiger partial charge < -0.3 is 14.7 Å².